The van der Waals surface area contributed by atoms with Crippen molar-refractivity contribution in [2.24, 2.45) is 28.1 Å². The van der Waals surface area contributed by atoms with E-state index in [1.165, 1.54) is 6.92 Å². The molecule has 0 heterocycles. The molecule has 0 aliphatic heterocycles. The Hall–Kier alpha value is -4.16. The maximum Gasteiger partial charge on any atom is 0.246 e. The van der Waals surface area contributed by atoms with Crippen LogP contribution >= 0.6 is 0 Å². The number of aliphatic imine (C=N–C) groups is 1. The Kier molecular flexibility index (Phi) is 13.2. The van der Waals surface area contributed by atoms with Gasteiger partial charge in [-0.25, -0.2) is 0 Å². The smallest absolute Gasteiger partial charge is 0.246 e. The number of nitrogens with one attached hydrogen (secondary N) is 4. The molecule has 13 heteroatoms. The van der Waals surface area contributed by atoms with E-state index in [1.807, 2.05) is 30.3 Å². The van der Waals surface area contributed by atoms with Crippen LogP contribution in [0.1, 0.15) is 71.3 Å². The molecule has 1 aliphatic carbocycles. The first-order chi connectivity index (χ1) is 19.9. The van der Waals surface area contributed by atoms with Gasteiger partial charge in [-0.1, -0.05) is 44.2 Å². The number of nitrogens with two attached hydrogens (primary N) is 3. The zero-order chi connectivity index (χ0) is 31.3. The zero-order valence-electron chi connectivity index (χ0n) is 24.8. The molecule has 2 rings (SSSR count). The van der Waals surface area contributed by atoms with E-state index in [0.717, 1.165) is 18.4 Å². The number of rotatable bonds is 15. The van der Waals surface area contributed by atoms with Crippen molar-refractivity contribution in [3.63, 3.8) is 0 Å². The van der Waals surface area contributed by atoms with Gasteiger partial charge in [-0.3, -0.25) is 29.0 Å². The molecule has 1 fully saturated rings. The van der Waals surface area contributed by atoms with E-state index in [-0.39, 0.29) is 37.7 Å². The summed E-state index contributed by atoms with van der Waals surface area (Å²) in [5.74, 6) is -2.36. The van der Waals surface area contributed by atoms with Gasteiger partial charge in [0.05, 0.1) is 0 Å². The highest BCUT2D eigenvalue weighted by Crippen LogP contribution is 2.32. The van der Waals surface area contributed by atoms with Gasteiger partial charge in [-0.2, -0.15) is 0 Å². The topological polar surface area (TPSA) is 224 Å². The Labute approximate surface area is 247 Å². The SMILES string of the molecule is CC[C@H](NC(=O)[C@H](CCCN=C(N)N)NC(=O)[C@@H](Cc1ccccc1)NC(=O)C1(NC(C)=O)CCC(C)CC1)C(N)=O. The third-order valence-corrected chi connectivity index (χ3v) is 7.53. The number of amides is 5. The average Bonchev–Trinajstić information content (AvgIpc) is 2.94. The molecule has 0 bridgehead atoms. The lowest BCUT2D eigenvalue weighted by atomic mass is 9.76. The quantitative estimate of drug-likeness (QED) is 0.0825. The summed E-state index contributed by atoms with van der Waals surface area (Å²) in [6.07, 6.45) is 3.31. The summed E-state index contributed by atoms with van der Waals surface area (Å²) in [6.45, 7) is 5.38. The van der Waals surface area contributed by atoms with Crippen LogP contribution < -0.4 is 38.5 Å². The fraction of sp³-hybridized carbons (Fsp3) is 0.586. The molecule has 5 amide bonds. The lowest BCUT2D eigenvalue weighted by Gasteiger charge is -2.39. The Morgan fingerprint density at radius 3 is 2.07 bits per heavy atom. The van der Waals surface area contributed by atoms with Gasteiger partial charge in [0.2, 0.25) is 29.5 Å². The van der Waals surface area contributed by atoms with E-state index >= 15 is 0 Å². The number of hydrogen-bond acceptors (Lipinski definition) is 6. The van der Waals surface area contributed by atoms with Crippen LogP contribution in [-0.4, -0.2) is 65.7 Å². The Balaban J connectivity index is 2.32. The van der Waals surface area contributed by atoms with Crippen molar-refractivity contribution in [1.29, 1.82) is 0 Å². The van der Waals surface area contributed by atoms with Crippen LogP contribution in [0.4, 0.5) is 0 Å². The van der Waals surface area contributed by atoms with Crippen molar-refractivity contribution < 1.29 is 24.0 Å². The fourth-order valence-corrected chi connectivity index (χ4v) is 5.05. The Morgan fingerprint density at radius 1 is 0.929 bits per heavy atom. The average molecular weight is 587 g/mol. The van der Waals surface area contributed by atoms with E-state index in [2.05, 4.69) is 33.2 Å². The molecule has 0 saturated heterocycles. The van der Waals surface area contributed by atoms with Gasteiger partial charge in [0, 0.05) is 19.9 Å². The van der Waals surface area contributed by atoms with Gasteiger partial charge in [0.1, 0.15) is 23.7 Å². The molecule has 0 aromatic heterocycles. The predicted molar refractivity (Wildman–Crippen MR) is 160 cm³/mol. The minimum Gasteiger partial charge on any atom is -0.370 e. The van der Waals surface area contributed by atoms with Gasteiger partial charge in [0.25, 0.3) is 0 Å². The lowest BCUT2D eigenvalue weighted by Crippen LogP contribution is -2.64. The first kappa shape index (κ1) is 34.0. The lowest BCUT2D eigenvalue weighted by molar-refractivity contribution is -0.138. The summed E-state index contributed by atoms with van der Waals surface area (Å²) in [5, 5.41) is 11.0. The van der Waals surface area contributed by atoms with Crippen LogP contribution in [0.3, 0.4) is 0 Å². The van der Waals surface area contributed by atoms with Crippen LogP contribution in [0.15, 0.2) is 35.3 Å². The molecular formula is C29H46N8O5. The van der Waals surface area contributed by atoms with Crippen LogP contribution in [0.25, 0.3) is 0 Å². The predicted octanol–water partition coefficient (Wildman–Crippen LogP) is -0.283. The summed E-state index contributed by atoms with van der Waals surface area (Å²) in [7, 11) is 0. The highest BCUT2D eigenvalue weighted by molar-refractivity contribution is 5.97. The van der Waals surface area contributed by atoms with Gasteiger partial charge in [-0.15, -0.1) is 0 Å². The molecule has 0 unspecified atom stereocenters. The molecule has 232 valence electrons. The number of carbonyl (C=O) groups is 5. The summed E-state index contributed by atoms with van der Waals surface area (Å²) in [4.78, 5) is 68.4. The van der Waals surface area contributed by atoms with Gasteiger partial charge >= 0.3 is 0 Å². The van der Waals surface area contributed by atoms with E-state index < -0.39 is 47.3 Å². The first-order valence-electron chi connectivity index (χ1n) is 14.5. The third-order valence-electron chi connectivity index (χ3n) is 7.53. The van der Waals surface area contributed by atoms with Gasteiger partial charge in [0.15, 0.2) is 5.96 Å². The minimum absolute atomic E-state index is 0.101. The van der Waals surface area contributed by atoms with Crippen LogP contribution in [0.5, 0.6) is 0 Å². The first-order valence-corrected chi connectivity index (χ1v) is 14.5. The van der Waals surface area contributed by atoms with Crippen molar-refractivity contribution in [2.75, 3.05) is 6.54 Å². The standard InChI is InChI=1S/C29H46N8O5/c1-4-21(24(30)39)34-25(40)22(11-8-16-33-28(31)32)35-26(41)23(17-20-9-6-5-7-10-20)36-27(42)29(37-19(3)38)14-12-18(2)13-15-29/h5-7,9-10,18,21-23H,4,8,11-17H2,1-3H3,(H2,30,39)(H,34,40)(H,35,41)(H,36,42)(H,37,38)(H4,31,32,33)/t18?,21-,22-,23+,29?/m0/s1. The molecule has 1 saturated carbocycles. The second-order valence-electron chi connectivity index (χ2n) is 11.0. The molecule has 0 spiro atoms. The van der Waals surface area contributed by atoms with Gasteiger partial charge < -0.3 is 38.5 Å². The van der Waals surface area contributed by atoms with Crippen LogP contribution in [-0.2, 0) is 30.4 Å². The van der Waals surface area contributed by atoms with Crippen molar-refractivity contribution >= 4 is 35.5 Å². The maximum atomic E-state index is 13.7. The second kappa shape index (κ2) is 16.3. The molecular weight excluding hydrogens is 540 g/mol. The van der Waals surface area contributed by atoms with Crippen molar-refractivity contribution in [3.8, 4) is 0 Å². The molecule has 10 N–H and O–H groups in total. The molecule has 42 heavy (non-hydrogen) atoms. The number of benzene rings is 1. The highest BCUT2D eigenvalue weighted by atomic mass is 16.2. The maximum absolute atomic E-state index is 13.7. The molecule has 3 atom stereocenters. The normalized spacial score (nSPS) is 20.2. The summed E-state index contributed by atoms with van der Waals surface area (Å²) in [5.41, 5.74) is 15.8. The van der Waals surface area contributed by atoms with Crippen molar-refractivity contribution in [2.45, 2.75) is 95.8 Å². The van der Waals surface area contributed by atoms with Gasteiger partial charge in [-0.05, 0) is 56.4 Å². The summed E-state index contributed by atoms with van der Waals surface area (Å²) in [6, 6.07) is 6.11. The van der Waals surface area contributed by atoms with E-state index in [1.54, 1.807) is 6.92 Å². The Morgan fingerprint density at radius 2 is 1.52 bits per heavy atom. The number of carbonyl (C=O) groups excluding carboxylic acids is 5. The molecule has 0 radical (unpaired) electrons. The molecule has 1 aromatic rings. The summed E-state index contributed by atoms with van der Waals surface area (Å²) < 4.78 is 0. The van der Waals surface area contributed by atoms with Crippen molar-refractivity contribution in [3.05, 3.63) is 35.9 Å². The zero-order valence-corrected chi connectivity index (χ0v) is 24.8. The number of hydrogen-bond donors (Lipinski definition) is 7. The third kappa shape index (κ3) is 10.7. The van der Waals surface area contributed by atoms with E-state index in [9.17, 15) is 24.0 Å². The second-order valence-corrected chi connectivity index (χ2v) is 11.0. The van der Waals surface area contributed by atoms with Crippen LogP contribution in [0.2, 0.25) is 0 Å². The number of primary amides is 1. The summed E-state index contributed by atoms with van der Waals surface area (Å²) >= 11 is 0. The minimum atomic E-state index is -1.14. The molecule has 1 aromatic carbocycles. The van der Waals surface area contributed by atoms with E-state index in [0.29, 0.717) is 25.2 Å². The highest BCUT2D eigenvalue weighted by Gasteiger charge is 2.43. The van der Waals surface area contributed by atoms with E-state index in [4.69, 9.17) is 17.2 Å². The molecule has 1 aliphatic rings. The van der Waals surface area contributed by atoms with Crippen molar-refractivity contribution in [1.82, 2.24) is 21.3 Å². The molecule has 13 nitrogen and oxygen atoms in total. The largest absolute Gasteiger partial charge is 0.370 e. The fourth-order valence-electron chi connectivity index (χ4n) is 5.05. The number of nitrogens with zero attached hydrogens (tertiary/aromatic N) is 1. The number of guanidine groups is 1. The Bertz CT molecular complexity index is 1110. The van der Waals surface area contributed by atoms with Crippen LogP contribution in [0, 0.1) is 5.92 Å². The monoisotopic (exact) mass is 586 g/mol.